The highest BCUT2D eigenvalue weighted by Crippen LogP contribution is 2.06. The monoisotopic (exact) mass is 168 g/mol. The van der Waals surface area contributed by atoms with E-state index in [1.807, 2.05) is 0 Å². The number of nitriles is 1. The van der Waals surface area contributed by atoms with Gasteiger partial charge in [-0.15, -0.1) is 0 Å². The van der Waals surface area contributed by atoms with Crippen molar-refractivity contribution in [1.82, 2.24) is 5.32 Å². The van der Waals surface area contributed by atoms with E-state index < -0.39 is 0 Å². The number of hydrogen-bond acceptors (Lipinski definition) is 2. The molecule has 12 heavy (non-hydrogen) atoms. The summed E-state index contributed by atoms with van der Waals surface area (Å²) in [4.78, 5) is 0. The van der Waals surface area contributed by atoms with Crippen LogP contribution in [0, 0.1) is 17.2 Å². The molecule has 2 heteroatoms. The van der Waals surface area contributed by atoms with Gasteiger partial charge in [-0.3, -0.25) is 0 Å². The molecule has 0 spiro atoms. The molecule has 0 amide bonds. The molecule has 70 valence electrons. The Balaban J connectivity index is 3.32. The Kier molecular flexibility index (Phi) is 6.79. The van der Waals surface area contributed by atoms with E-state index in [0.717, 1.165) is 18.9 Å². The Morgan fingerprint density at radius 3 is 2.58 bits per heavy atom. The lowest BCUT2D eigenvalue weighted by molar-refractivity contribution is 0.390. The summed E-state index contributed by atoms with van der Waals surface area (Å²) in [6, 6.07) is 2.72. The Morgan fingerprint density at radius 2 is 2.08 bits per heavy atom. The van der Waals surface area contributed by atoms with Crippen molar-refractivity contribution in [2.75, 3.05) is 6.54 Å². The normalized spacial score (nSPS) is 15.2. The van der Waals surface area contributed by atoms with E-state index >= 15 is 0 Å². The Bertz CT molecular complexity index is 137. The van der Waals surface area contributed by atoms with Crippen LogP contribution in [0.1, 0.15) is 40.0 Å². The van der Waals surface area contributed by atoms with E-state index in [1.54, 1.807) is 0 Å². The van der Waals surface area contributed by atoms with Crippen LogP contribution in [0.2, 0.25) is 0 Å². The largest absolute Gasteiger partial charge is 0.314 e. The summed E-state index contributed by atoms with van der Waals surface area (Å²) in [6.07, 6.45) is 2.85. The molecule has 0 aromatic rings. The van der Waals surface area contributed by atoms with Crippen molar-refractivity contribution in [2.45, 2.75) is 46.1 Å². The van der Waals surface area contributed by atoms with Crippen LogP contribution in [-0.2, 0) is 0 Å². The molecule has 0 aromatic carbocycles. The molecule has 1 N–H and O–H groups in total. The summed E-state index contributed by atoms with van der Waals surface area (Å²) in [7, 11) is 0. The first-order valence-electron chi connectivity index (χ1n) is 4.82. The molecule has 0 aliphatic rings. The maximum absolute atomic E-state index is 8.31. The van der Waals surface area contributed by atoms with Gasteiger partial charge < -0.3 is 5.32 Å². The summed E-state index contributed by atoms with van der Waals surface area (Å²) in [6.45, 7) is 7.64. The van der Waals surface area contributed by atoms with Crippen LogP contribution in [0.5, 0.6) is 0 Å². The van der Waals surface area contributed by atoms with Gasteiger partial charge >= 0.3 is 0 Å². The second-order valence-electron chi connectivity index (χ2n) is 3.39. The zero-order valence-corrected chi connectivity index (χ0v) is 8.43. The highest BCUT2D eigenvalue weighted by atomic mass is 14.9. The van der Waals surface area contributed by atoms with Gasteiger partial charge in [0.2, 0.25) is 0 Å². The lowest BCUT2D eigenvalue weighted by Gasteiger charge is -2.19. The van der Waals surface area contributed by atoms with Gasteiger partial charge in [0.15, 0.2) is 0 Å². The van der Waals surface area contributed by atoms with Crippen LogP contribution in [0.25, 0.3) is 0 Å². The quantitative estimate of drug-likeness (QED) is 0.618. The fourth-order valence-electron chi connectivity index (χ4n) is 1.05. The number of unbranched alkanes of at least 4 members (excludes halogenated alkanes) is 1. The van der Waals surface area contributed by atoms with E-state index in [9.17, 15) is 0 Å². The summed E-state index contributed by atoms with van der Waals surface area (Å²) >= 11 is 0. The Morgan fingerprint density at radius 1 is 1.42 bits per heavy atom. The first-order chi connectivity index (χ1) is 5.72. The van der Waals surface area contributed by atoms with Gasteiger partial charge in [0.05, 0.1) is 6.07 Å². The topological polar surface area (TPSA) is 35.8 Å². The van der Waals surface area contributed by atoms with Crippen molar-refractivity contribution in [1.29, 1.82) is 5.26 Å². The lowest BCUT2D eigenvalue weighted by Crippen LogP contribution is -2.32. The second-order valence-corrected chi connectivity index (χ2v) is 3.39. The van der Waals surface area contributed by atoms with Gasteiger partial charge in [0.25, 0.3) is 0 Å². The van der Waals surface area contributed by atoms with Crippen LogP contribution in [-0.4, -0.2) is 12.6 Å². The summed E-state index contributed by atoms with van der Waals surface area (Å²) in [5, 5.41) is 11.7. The van der Waals surface area contributed by atoms with Crippen molar-refractivity contribution >= 4 is 0 Å². The van der Waals surface area contributed by atoms with Gasteiger partial charge in [0, 0.05) is 12.5 Å². The molecule has 0 bridgehead atoms. The summed E-state index contributed by atoms with van der Waals surface area (Å²) < 4.78 is 0. The molecule has 0 radical (unpaired) electrons. The molecule has 0 saturated carbocycles. The number of rotatable bonds is 6. The number of nitrogens with one attached hydrogen (secondary N) is 1. The maximum atomic E-state index is 8.31. The van der Waals surface area contributed by atoms with E-state index in [4.69, 9.17) is 5.26 Å². The molecule has 0 fully saturated rings. The van der Waals surface area contributed by atoms with Crippen LogP contribution >= 0.6 is 0 Å². The van der Waals surface area contributed by atoms with Crippen LogP contribution < -0.4 is 5.32 Å². The van der Waals surface area contributed by atoms with Crippen molar-refractivity contribution < 1.29 is 0 Å². The molecular weight excluding hydrogens is 148 g/mol. The molecule has 2 unspecified atom stereocenters. The lowest BCUT2D eigenvalue weighted by atomic mass is 10.0. The van der Waals surface area contributed by atoms with Crippen LogP contribution in [0.3, 0.4) is 0 Å². The van der Waals surface area contributed by atoms with Crippen LogP contribution in [0.4, 0.5) is 0 Å². The average Bonchev–Trinajstić information content (AvgIpc) is 2.10. The smallest absolute Gasteiger partial charge is 0.0622 e. The Hall–Kier alpha value is -0.550. The van der Waals surface area contributed by atoms with Gasteiger partial charge in [-0.05, 0) is 25.8 Å². The van der Waals surface area contributed by atoms with Gasteiger partial charge in [0.1, 0.15) is 0 Å². The average molecular weight is 168 g/mol. The summed E-state index contributed by atoms with van der Waals surface area (Å²) in [5.74, 6) is 0.729. The molecular formula is C10H20N2. The standard InChI is InChI=1S/C10H20N2/c1-4-9(2)10(3)12-8-6-5-7-11/h9-10,12H,4-6,8H2,1-3H3. The zero-order valence-electron chi connectivity index (χ0n) is 8.43. The first kappa shape index (κ1) is 11.4. The minimum atomic E-state index is 0.577. The molecule has 2 nitrogen and oxygen atoms in total. The van der Waals surface area contributed by atoms with Crippen molar-refractivity contribution in [3.05, 3.63) is 0 Å². The molecule has 0 rings (SSSR count). The Labute approximate surface area is 76.0 Å². The molecule has 2 atom stereocenters. The third-order valence-corrected chi connectivity index (χ3v) is 2.43. The molecule has 0 heterocycles. The number of hydrogen-bond donors (Lipinski definition) is 1. The van der Waals surface area contributed by atoms with Crippen molar-refractivity contribution in [2.24, 2.45) is 5.92 Å². The maximum Gasteiger partial charge on any atom is 0.0622 e. The van der Waals surface area contributed by atoms with Gasteiger partial charge in [-0.25, -0.2) is 0 Å². The predicted molar refractivity (Wildman–Crippen MR) is 51.8 cm³/mol. The minimum Gasteiger partial charge on any atom is -0.314 e. The fourth-order valence-corrected chi connectivity index (χ4v) is 1.05. The van der Waals surface area contributed by atoms with Gasteiger partial charge in [-0.1, -0.05) is 20.3 Å². The third-order valence-electron chi connectivity index (χ3n) is 2.43. The van der Waals surface area contributed by atoms with E-state index in [0.29, 0.717) is 12.5 Å². The number of nitrogens with zero attached hydrogens (tertiary/aromatic N) is 1. The van der Waals surface area contributed by atoms with E-state index in [-0.39, 0.29) is 0 Å². The minimum absolute atomic E-state index is 0.577. The molecule has 0 aliphatic carbocycles. The molecule has 0 aromatic heterocycles. The molecule has 0 aliphatic heterocycles. The summed E-state index contributed by atoms with van der Waals surface area (Å²) in [5.41, 5.74) is 0. The zero-order chi connectivity index (χ0) is 9.40. The van der Waals surface area contributed by atoms with Crippen molar-refractivity contribution in [3.8, 4) is 6.07 Å². The molecule has 0 saturated heterocycles. The van der Waals surface area contributed by atoms with E-state index in [1.165, 1.54) is 6.42 Å². The highest BCUT2D eigenvalue weighted by Gasteiger charge is 2.07. The second kappa shape index (κ2) is 7.12. The predicted octanol–water partition coefficient (Wildman–Crippen LogP) is 2.31. The third kappa shape index (κ3) is 5.15. The van der Waals surface area contributed by atoms with E-state index in [2.05, 4.69) is 32.2 Å². The van der Waals surface area contributed by atoms with Crippen molar-refractivity contribution in [3.63, 3.8) is 0 Å². The first-order valence-corrected chi connectivity index (χ1v) is 4.82. The van der Waals surface area contributed by atoms with Gasteiger partial charge in [-0.2, -0.15) is 5.26 Å². The SMILES string of the molecule is CCC(C)C(C)NCCCC#N. The fraction of sp³-hybridized carbons (Fsp3) is 0.900. The van der Waals surface area contributed by atoms with Crippen LogP contribution in [0.15, 0.2) is 0 Å². The highest BCUT2D eigenvalue weighted by molar-refractivity contribution is 4.71.